The highest BCUT2D eigenvalue weighted by Gasteiger charge is 2.24. The number of amides is 1. The Morgan fingerprint density at radius 3 is 2.81 bits per heavy atom. The molecule has 1 unspecified atom stereocenters. The molecule has 0 saturated carbocycles. The van der Waals surface area contributed by atoms with Gasteiger partial charge in [0.15, 0.2) is 5.96 Å². The molecular weight excluding hydrogens is 453 g/mol. The first-order valence-corrected chi connectivity index (χ1v) is 9.87. The Kier molecular flexibility index (Phi) is 8.82. The van der Waals surface area contributed by atoms with Crippen molar-refractivity contribution >= 4 is 41.5 Å². The maximum Gasteiger partial charge on any atom is 0.248 e. The highest BCUT2D eigenvalue weighted by molar-refractivity contribution is 14.0. The van der Waals surface area contributed by atoms with E-state index < -0.39 is 0 Å². The van der Waals surface area contributed by atoms with E-state index in [2.05, 4.69) is 33.5 Å². The monoisotopic (exact) mass is 485 g/mol. The van der Waals surface area contributed by atoms with Gasteiger partial charge >= 0.3 is 0 Å². The second kappa shape index (κ2) is 10.8. The largest absolute Gasteiger partial charge is 0.357 e. The summed E-state index contributed by atoms with van der Waals surface area (Å²) in [6.45, 7) is 9.12. The number of nitrogens with zero attached hydrogens (tertiary/aromatic N) is 3. The number of likely N-dealkylation sites (tertiary alicyclic amines) is 1. The van der Waals surface area contributed by atoms with Gasteiger partial charge in [-0.05, 0) is 50.9 Å². The average molecular weight is 485 g/mol. The van der Waals surface area contributed by atoms with E-state index >= 15 is 0 Å². The number of guanidine groups is 1. The predicted molar refractivity (Wildman–Crippen MR) is 122 cm³/mol. The molecule has 150 valence electrons. The van der Waals surface area contributed by atoms with Gasteiger partial charge in [0.1, 0.15) is 6.54 Å². The van der Waals surface area contributed by atoms with Crippen LogP contribution in [0, 0.1) is 0 Å². The molecule has 6 nitrogen and oxygen atoms in total. The summed E-state index contributed by atoms with van der Waals surface area (Å²) in [4.78, 5) is 21.5. The van der Waals surface area contributed by atoms with Gasteiger partial charge in [-0.1, -0.05) is 25.1 Å². The SMILES string of the molecule is CCNC(=NCC(=O)N1CCc2ccccc21)NCC1CCCN1CC.I. The number of para-hydroxylation sites is 1. The molecule has 2 heterocycles. The Labute approximate surface area is 179 Å². The number of halogens is 1. The van der Waals surface area contributed by atoms with Crippen molar-refractivity contribution < 1.29 is 4.79 Å². The summed E-state index contributed by atoms with van der Waals surface area (Å²) < 4.78 is 0. The molecular formula is C20H32IN5O. The molecule has 3 rings (SSSR count). The minimum Gasteiger partial charge on any atom is -0.357 e. The molecule has 2 aliphatic rings. The Morgan fingerprint density at radius 2 is 2.04 bits per heavy atom. The second-order valence-corrected chi connectivity index (χ2v) is 6.92. The van der Waals surface area contributed by atoms with Gasteiger partial charge in [-0.25, -0.2) is 4.99 Å². The van der Waals surface area contributed by atoms with E-state index in [9.17, 15) is 4.79 Å². The Bertz CT molecular complexity index is 651. The van der Waals surface area contributed by atoms with Crippen molar-refractivity contribution in [2.24, 2.45) is 4.99 Å². The van der Waals surface area contributed by atoms with E-state index in [4.69, 9.17) is 0 Å². The number of hydrogen-bond donors (Lipinski definition) is 2. The molecule has 0 spiro atoms. The third-order valence-corrected chi connectivity index (χ3v) is 5.32. The molecule has 2 N–H and O–H groups in total. The van der Waals surface area contributed by atoms with Crippen LogP contribution in [0.3, 0.4) is 0 Å². The van der Waals surface area contributed by atoms with E-state index in [1.807, 2.05) is 30.0 Å². The summed E-state index contributed by atoms with van der Waals surface area (Å²) in [5, 5.41) is 6.67. The number of rotatable bonds is 6. The fraction of sp³-hybridized carbons (Fsp3) is 0.600. The van der Waals surface area contributed by atoms with E-state index in [1.54, 1.807) is 0 Å². The van der Waals surface area contributed by atoms with Crippen LogP contribution in [0.25, 0.3) is 0 Å². The lowest BCUT2D eigenvalue weighted by Crippen LogP contribution is -2.45. The van der Waals surface area contributed by atoms with Crippen molar-refractivity contribution in [3.05, 3.63) is 29.8 Å². The molecule has 0 radical (unpaired) electrons. The normalized spacial score (nSPS) is 19.6. The first-order valence-electron chi connectivity index (χ1n) is 9.87. The van der Waals surface area contributed by atoms with E-state index in [-0.39, 0.29) is 36.4 Å². The highest BCUT2D eigenvalue weighted by atomic mass is 127. The van der Waals surface area contributed by atoms with Crippen molar-refractivity contribution in [3.8, 4) is 0 Å². The van der Waals surface area contributed by atoms with Gasteiger partial charge in [0.25, 0.3) is 0 Å². The summed E-state index contributed by atoms with van der Waals surface area (Å²) >= 11 is 0. The molecule has 0 bridgehead atoms. The molecule has 7 heteroatoms. The fourth-order valence-corrected chi connectivity index (χ4v) is 3.93. The number of fused-ring (bicyclic) bond motifs is 1. The zero-order valence-electron chi connectivity index (χ0n) is 16.4. The van der Waals surface area contributed by atoms with Crippen molar-refractivity contribution in [2.75, 3.05) is 44.2 Å². The molecule has 1 atom stereocenters. The van der Waals surface area contributed by atoms with Crippen LogP contribution in [0.2, 0.25) is 0 Å². The molecule has 2 aliphatic heterocycles. The van der Waals surface area contributed by atoms with Gasteiger partial charge in [0.2, 0.25) is 5.91 Å². The van der Waals surface area contributed by atoms with Gasteiger partial charge in [-0.15, -0.1) is 24.0 Å². The number of benzene rings is 1. The minimum absolute atomic E-state index is 0. The molecule has 1 saturated heterocycles. The number of carbonyl (C=O) groups excluding carboxylic acids is 1. The molecule has 1 aromatic rings. The lowest BCUT2D eigenvalue weighted by molar-refractivity contribution is -0.117. The van der Waals surface area contributed by atoms with Crippen LogP contribution in [-0.2, 0) is 11.2 Å². The molecule has 1 fully saturated rings. The Morgan fingerprint density at radius 1 is 1.22 bits per heavy atom. The maximum absolute atomic E-state index is 12.6. The molecule has 27 heavy (non-hydrogen) atoms. The standard InChI is InChI=1S/C20H31N5O.HI/c1-3-21-20(22-14-17-9-7-12-24(17)4-2)23-15-19(26)25-13-11-16-8-5-6-10-18(16)25;/h5-6,8,10,17H,3-4,7,9,11-15H2,1-2H3,(H2,21,22,23);1H. The van der Waals surface area contributed by atoms with Crippen LogP contribution >= 0.6 is 24.0 Å². The average Bonchev–Trinajstić information content (AvgIpc) is 3.30. The van der Waals surface area contributed by atoms with Crippen molar-refractivity contribution in [3.63, 3.8) is 0 Å². The molecule has 1 aromatic carbocycles. The number of aliphatic imine (C=N–C) groups is 1. The van der Waals surface area contributed by atoms with Crippen LogP contribution in [0.5, 0.6) is 0 Å². The van der Waals surface area contributed by atoms with Gasteiger partial charge in [-0.3, -0.25) is 9.69 Å². The zero-order chi connectivity index (χ0) is 18.4. The van der Waals surface area contributed by atoms with Crippen LogP contribution in [0.4, 0.5) is 5.69 Å². The maximum atomic E-state index is 12.6. The third kappa shape index (κ3) is 5.57. The Balaban J connectivity index is 0.00000261. The smallest absolute Gasteiger partial charge is 0.248 e. The lowest BCUT2D eigenvalue weighted by atomic mass is 10.2. The van der Waals surface area contributed by atoms with Gasteiger partial charge in [0.05, 0.1) is 0 Å². The predicted octanol–water partition coefficient (Wildman–Crippen LogP) is 2.23. The zero-order valence-corrected chi connectivity index (χ0v) is 18.7. The van der Waals surface area contributed by atoms with Crippen LogP contribution in [0.15, 0.2) is 29.3 Å². The van der Waals surface area contributed by atoms with Crippen molar-refractivity contribution in [2.45, 2.75) is 39.2 Å². The van der Waals surface area contributed by atoms with Crippen molar-refractivity contribution in [1.82, 2.24) is 15.5 Å². The Hall–Kier alpha value is -1.35. The van der Waals surface area contributed by atoms with Crippen LogP contribution < -0.4 is 15.5 Å². The van der Waals surface area contributed by atoms with Gasteiger partial charge < -0.3 is 15.5 Å². The summed E-state index contributed by atoms with van der Waals surface area (Å²) in [6.07, 6.45) is 3.42. The number of carbonyl (C=O) groups is 1. The summed E-state index contributed by atoms with van der Waals surface area (Å²) in [7, 11) is 0. The summed E-state index contributed by atoms with van der Waals surface area (Å²) in [5.74, 6) is 0.791. The van der Waals surface area contributed by atoms with E-state index in [0.29, 0.717) is 6.04 Å². The molecule has 1 amide bonds. The fourth-order valence-electron chi connectivity index (χ4n) is 3.93. The molecule has 0 aliphatic carbocycles. The highest BCUT2D eigenvalue weighted by Crippen LogP contribution is 2.27. The van der Waals surface area contributed by atoms with Crippen LogP contribution in [-0.4, -0.2) is 62.1 Å². The first-order chi connectivity index (χ1) is 12.7. The summed E-state index contributed by atoms with van der Waals surface area (Å²) in [5.41, 5.74) is 2.28. The number of hydrogen-bond acceptors (Lipinski definition) is 3. The number of likely N-dealkylation sites (N-methyl/N-ethyl adjacent to an activating group) is 1. The summed E-state index contributed by atoms with van der Waals surface area (Å²) in [6, 6.07) is 8.69. The topological polar surface area (TPSA) is 60.0 Å². The second-order valence-electron chi connectivity index (χ2n) is 6.92. The third-order valence-electron chi connectivity index (χ3n) is 5.32. The lowest BCUT2D eigenvalue weighted by Gasteiger charge is -2.24. The van der Waals surface area contributed by atoms with E-state index in [1.165, 1.54) is 24.9 Å². The number of anilines is 1. The van der Waals surface area contributed by atoms with E-state index in [0.717, 1.165) is 44.2 Å². The minimum atomic E-state index is 0. The first kappa shape index (κ1) is 21.9. The molecule has 0 aromatic heterocycles. The quantitative estimate of drug-likeness (QED) is 0.369. The van der Waals surface area contributed by atoms with Gasteiger partial charge in [-0.2, -0.15) is 0 Å². The number of nitrogens with one attached hydrogen (secondary N) is 2. The van der Waals surface area contributed by atoms with Crippen molar-refractivity contribution in [1.29, 1.82) is 0 Å². The van der Waals surface area contributed by atoms with Crippen LogP contribution in [0.1, 0.15) is 32.3 Å². The van der Waals surface area contributed by atoms with Gasteiger partial charge in [0, 0.05) is 31.4 Å².